The van der Waals surface area contributed by atoms with Gasteiger partial charge in [-0.2, -0.15) is 0 Å². The summed E-state index contributed by atoms with van der Waals surface area (Å²) in [5, 5.41) is 13.2. The Balaban J connectivity index is 1.38. The average Bonchev–Trinajstić information content (AvgIpc) is 2.81. The molecule has 9 nitrogen and oxygen atoms in total. The van der Waals surface area contributed by atoms with Gasteiger partial charge < -0.3 is 24.8 Å². The van der Waals surface area contributed by atoms with Crippen molar-refractivity contribution in [2.75, 3.05) is 19.8 Å². The van der Waals surface area contributed by atoms with Crippen molar-refractivity contribution in [2.24, 2.45) is 0 Å². The van der Waals surface area contributed by atoms with Crippen molar-refractivity contribution in [3.8, 4) is 0 Å². The van der Waals surface area contributed by atoms with Gasteiger partial charge >= 0.3 is 0 Å². The van der Waals surface area contributed by atoms with Crippen LogP contribution in [-0.4, -0.2) is 75.9 Å². The molecule has 4 rings (SSSR count). The van der Waals surface area contributed by atoms with E-state index in [-0.39, 0.29) is 61.9 Å². The number of hydrogen-bond donors (Lipinski definition) is 2. The third kappa shape index (κ3) is 5.67. The van der Waals surface area contributed by atoms with E-state index in [4.69, 9.17) is 9.47 Å². The number of carbonyl (C=O) groups is 2. The lowest BCUT2D eigenvalue weighted by Crippen LogP contribution is -2.57. The molecule has 2 aliphatic rings. The maximum absolute atomic E-state index is 13.1. The molecule has 0 bridgehead atoms. The first kappa shape index (κ1) is 22.3. The number of benzene rings is 1. The number of nitrogens with zero attached hydrogens (tertiary/aromatic N) is 3. The summed E-state index contributed by atoms with van der Waals surface area (Å²) < 4.78 is 11.8. The fraction of sp³-hybridized carbons (Fsp3) is 0.478. The van der Waals surface area contributed by atoms with Crippen LogP contribution < -0.4 is 5.32 Å². The van der Waals surface area contributed by atoms with Gasteiger partial charge in [-0.3, -0.25) is 14.6 Å². The molecule has 0 saturated carbocycles. The minimum atomic E-state index is -0.793. The molecule has 2 amide bonds. The molecule has 0 radical (unpaired) electrons. The van der Waals surface area contributed by atoms with Crippen molar-refractivity contribution in [3.05, 3.63) is 60.2 Å². The van der Waals surface area contributed by atoms with Gasteiger partial charge in [0.2, 0.25) is 5.91 Å². The number of aliphatic hydroxyl groups excluding tert-OH is 1. The Morgan fingerprint density at radius 1 is 1.16 bits per heavy atom. The number of β-amino-alcohol motifs (C(OH)–C–C–N with tert-alkyl or cyclic N) is 1. The Bertz CT molecular complexity index is 898. The van der Waals surface area contributed by atoms with Gasteiger partial charge in [-0.1, -0.05) is 30.3 Å². The van der Waals surface area contributed by atoms with E-state index in [0.29, 0.717) is 19.4 Å². The quantitative estimate of drug-likeness (QED) is 0.711. The molecule has 0 spiro atoms. The van der Waals surface area contributed by atoms with E-state index < -0.39 is 6.10 Å². The zero-order valence-corrected chi connectivity index (χ0v) is 17.8. The molecule has 170 valence electrons. The molecular weight excluding hydrogens is 412 g/mol. The highest BCUT2D eigenvalue weighted by atomic mass is 16.5. The zero-order chi connectivity index (χ0) is 22.3. The van der Waals surface area contributed by atoms with E-state index in [0.717, 1.165) is 5.56 Å². The average molecular weight is 441 g/mol. The molecule has 2 aromatic rings. The second kappa shape index (κ2) is 10.6. The van der Waals surface area contributed by atoms with Crippen molar-refractivity contribution >= 4 is 11.8 Å². The number of hydrogen-bond acceptors (Lipinski definition) is 7. The Hall–Kier alpha value is -2.88. The van der Waals surface area contributed by atoms with E-state index in [2.05, 4.69) is 15.3 Å². The summed E-state index contributed by atoms with van der Waals surface area (Å²) in [5.74, 6) is -0.372. The Kier molecular flexibility index (Phi) is 7.41. The third-order valence-corrected chi connectivity index (χ3v) is 5.77. The van der Waals surface area contributed by atoms with Gasteiger partial charge in [-0.25, -0.2) is 4.98 Å². The van der Waals surface area contributed by atoms with Crippen molar-refractivity contribution in [1.82, 2.24) is 20.2 Å². The summed E-state index contributed by atoms with van der Waals surface area (Å²) in [6, 6.07) is 9.46. The zero-order valence-electron chi connectivity index (χ0n) is 17.8. The molecule has 0 unspecified atom stereocenters. The molecule has 32 heavy (non-hydrogen) atoms. The molecule has 2 N–H and O–H groups in total. The van der Waals surface area contributed by atoms with Crippen molar-refractivity contribution in [2.45, 2.75) is 50.2 Å². The topological polar surface area (TPSA) is 114 Å². The van der Waals surface area contributed by atoms with Crippen LogP contribution in [0.3, 0.4) is 0 Å². The number of carbonyl (C=O) groups excluding carboxylic acids is 2. The fourth-order valence-corrected chi connectivity index (χ4v) is 4.21. The van der Waals surface area contributed by atoms with Crippen LogP contribution in [0.15, 0.2) is 48.9 Å². The van der Waals surface area contributed by atoms with Gasteiger partial charge in [-0.05, 0) is 18.4 Å². The van der Waals surface area contributed by atoms with Crippen LogP contribution in [0, 0.1) is 0 Å². The summed E-state index contributed by atoms with van der Waals surface area (Å²) in [4.78, 5) is 35.2. The molecule has 1 aromatic heterocycles. The Labute approximate surface area is 186 Å². The van der Waals surface area contributed by atoms with Crippen LogP contribution in [0.25, 0.3) is 0 Å². The molecule has 2 fully saturated rings. The predicted octanol–water partition coefficient (Wildman–Crippen LogP) is 0.933. The number of aromatic nitrogens is 2. The van der Waals surface area contributed by atoms with Crippen LogP contribution in [0.5, 0.6) is 0 Å². The summed E-state index contributed by atoms with van der Waals surface area (Å²) in [6.45, 7) is 0.954. The standard InChI is InChI=1S/C23H28N4O5/c28-17-13-27(23(30)19-12-24-8-9-25-19)20-7-6-18(32-21(20)15-31-14-17)10-22(29)26-11-16-4-2-1-3-5-16/h1-5,8-9,12,17-18,20-21,28H,6-7,10-11,13-15H2,(H,26,29)/t17-,18-,20-,21+/m0/s1. The monoisotopic (exact) mass is 440 g/mol. The smallest absolute Gasteiger partial charge is 0.274 e. The number of fused-ring (bicyclic) bond motifs is 1. The minimum Gasteiger partial charge on any atom is -0.389 e. The highest BCUT2D eigenvalue weighted by molar-refractivity contribution is 5.92. The van der Waals surface area contributed by atoms with Gasteiger partial charge in [0.1, 0.15) is 11.8 Å². The molecule has 9 heteroatoms. The highest BCUT2D eigenvalue weighted by Crippen LogP contribution is 2.28. The molecule has 4 atom stereocenters. The second-order valence-corrected chi connectivity index (χ2v) is 8.15. The van der Waals surface area contributed by atoms with Crippen LogP contribution >= 0.6 is 0 Å². The Morgan fingerprint density at radius 3 is 2.78 bits per heavy atom. The number of nitrogens with one attached hydrogen (secondary N) is 1. The van der Waals surface area contributed by atoms with Crippen LogP contribution in [0.1, 0.15) is 35.3 Å². The SMILES string of the molecule is O=C(C[C@@H]1CC[C@H]2[C@@H](COC[C@@H](O)CN2C(=O)c2cnccn2)O1)NCc1ccccc1. The number of amides is 2. The fourth-order valence-electron chi connectivity index (χ4n) is 4.21. The van der Waals surface area contributed by atoms with Gasteiger partial charge in [0.05, 0.1) is 44.1 Å². The van der Waals surface area contributed by atoms with Gasteiger partial charge in [0.15, 0.2) is 0 Å². The van der Waals surface area contributed by atoms with E-state index in [9.17, 15) is 14.7 Å². The molecule has 2 saturated heterocycles. The van der Waals surface area contributed by atoms with E-state index in [1.807, 2.05) is 30.3 Å². The lowest BCUT2D eigenvalue weighted by molar-refractivity contribution is -0.151. The van der Waals surface area contributed by atoms with Gasteiger partial charge in [-0.15, -0.1) is 0 Å². The molecule has 1 aromatic carbocycles. The summed E-state index contributed by atoms with van der Waals surface area (Å²) >= 11 is 0. The van der Waals surface area contributed by atoms with Crippen molar-refractivity contribution < 1.29 is 24.2 Å². The molecular formula is C23H28N4O5. The van der Waals surface area contributed by atoms with Crippen molar-refractivity contribution in [3.63, 3.8) is 0 Å². The number of ether oxygens (including phenoxy) is 2. The van der Waals surface area contributed by atoms with E-state index in [1.54, 1.807) is 4.90 Å². The molecule has 3 heterocycles. The largest absolute Gasteiger partial charge is 0.389 e. The van der Waals surface area contributed by atoms with Crippen molar-refractivity contribution in [1.29, 1.82) is 0 Å². The number of aliphatic hydroxyl groups is 1. The van der Waals surface area contributed by atoms with Crippen LogP contribution in [0.4, 0.5) is 0 Å². The minimum absolute atomic E-state index is 0.0769. The third-order valence-electron chi connectivity index (χ3n) is 5.77. The van der Waals surface area contributed by atoms with Gasteiger partial charge in [0, 0.05) is 25.5 Å². The van der Waals surface area contributed by atoms with Crippen LogP contribution in [-0.2, 0) is 20.8 Å². The first-order chi connectivity index (χ1) is 15.6. The summed E-state index contributed by atoms with van der Waals surface area (Å²) in [7, 11) is 0. The maximum Gasteiger partial charge on any atom is 0.274 e. The van der Waals surface area contributed by atoms with Crippen LogP contribution in [0.2, 0.25) is 0 Å². The first-order valence-corrected chi connectivity index (χ1v) is 10.9. The summed E-state index contributed by atoms with van der Waals surface area (Å²) in [6.07, 6.45) is 4.47. The maximum atomic E-state index is 13.1. The first-order valence-electron chi connectivity index (χ1n) is 10.9. The van der Waals surface area contributed by atoms with E-state index in [1.165, 1.54) is 18.6 Å². The second-order valence-electron chi connectivity index (χ2n) is 8.15. The lowest BCUT2D eigenvalue weighted by atomic mass is 9.94. The Morgan fingerprint density at radius 2 is 2.00 bits per heavy atom. The normalized spacial score (nSPS) is 25.8. The molecule has 2 aliphatic heterocycles. The van der Waals surface area contributed by atoms with Gasteiger partial charge in [0.25, 0.3) is 5.91 Å². The van der Waals surface area contributed by atoms with E-state index >= 15 is 0 Å². The lowest BCUT2D eigenvalue weighted by Gasteiger charge is -2.44. The predicted molar refractivity (Wildman–Crippen MR) is 114 cm³/mol. The summed E-state index contributed by atoms with van der Waals surface area (Å²) in [5.41, 5.74) is 1.26. The highest BCUT2D eigenvalue weighted by Gasteiger charge is 2.40. The number of rotatable bonds is 5. The molecule has 0 aliphatic carbocycles.